The Bertz CT molecular complexity index is 807. The molecule has 1 heterocycles. The van der Waals surface area contributed by atoms with E-state index in [1.807, 2.05) is 0 Å². The van der Waals surface area contributed by atoms with Gasteiger partial charge in [0.15, 0.2) is 6.10 Å². The van der Waals surface area contributed by atoms with Crippen molar-refractivity contribution in [3.8, 4) is 5.75 Å². The van der Waals surface area contributed by atoms with E-state index in [4.69, 9.17) is 16.3 Å². The van der Waals surface area contributed by atoms with Gasteiger partial charge in [0.1, 0.15) is 5.75 Å². The minimum absolute atomic E-state index is 0.0756. The first-order valence-electron chi connectivity index (χ1n) is 6.95. The molecule has 0 fully saturated rings. The van der Waals surface area contributed by atoms with E-state index < -0.39 is 11.0 Å². The molecule has 1 amide bonds. The monoisotopic (exact) mass is 332 g/mol. The van der Waals surface area contributed by atoms with E-state index in [0.717, 1.165) is 11.1 Å². The molecule has 3 rings (SSSR count). The molecule has 6 nitrogen and oxygen atoms in total. The van der Waals surface area contributed by atoms with Gasteiger partial charge >= 0.3 is 0 Å². The SMILES string of the molecule is Cc1ccc([N+](=O)[O-])cc1NC(=O)[C@H]1Cc2cc(Cl)ccc2O1. The molecule has 118 valence electrons. The summed E-state index contributed by atoms with van der Waals surface area (Å²) in [6.07, 6.45) is -0.266. The molecule has 0 aliphatic carbocycles. The Morgan fingerprint density at radius 2 is 2.13 bits per heavy atom. The first-order chi connectivity index (χ1) is 10.9. The summed E-state index contributed by atoms with van der Waals surface area (Å²) in [5.74, 6) is 0.284. The summed E-state index contributed by atoms with van der Waals surface area (Å²) in [5, 5.41) is 14.1. The molecule has 1 N–H and O–H groups in total. The van der Waals surface area contributed by atoms with Crippen molar-refractivity contribution in [3.05, 3.63) is 62.7 Å². The van der Waals surface area contributed by atoms with Crippen LogP contribution in [0.5, 0.6) is 5.75 Å². The molecular weight excluding hydrogens is 320 g/mol. The van der Waals surface area contributed by atoms with Crippen LogP contribution in [-0.2, 0) is 11.2 Å². The van der Waals surface area contributed by atoms with Gasteiger partial charge in [0.05, 0.1) is 10.6 Å². The number of fused-ring (bicyclic) bond motifs is 1. The quantitative estimate of drug-likeness (QED) is 0.689. The van der Waals surface area contributed by atoms with Gasteiger partial charge in [0.2, 0.25) is 0 Å². The van der Waals surface area contributed by atoms with Gasteiger partial charge < -0.3 is 10.1 Å². The summed E-state index contributed by atoms with van der Waals surface area (Å²) in [6.45, 7) is 1.77. The number of nitrogens with one attached hydrogen (secondary N) is 1. The number of rotatable bonds is 3. The van der Waals surface area contributed by atoms with E-state index >= 15 is 0 Å². The number of hydrogen-bond acceptors (Lipinski definition) is 4. The van der Waals surface area contributed by atoms with Crippen LogP contribution < -0.4 is 10.1 Å². The molecule has 0 spiro atoms. The summed E-state index contributed by atoms with van der Waals surface area (Å²) >= 11 is 5.93. The van der Waals surface area contributed by atoms with Crippen LogP contribution in [-0.4, -0.2) is 16.9 Å². The lowest BCUT2D eigenvalue weighted by Gasteiger charge is -2.13. The number of benzene rings is 2. The van der Waals surface area contributed by atoms with Crippen molar-refractivity contribution in [2.45, 2.75) is 19.4 Å². The maximum Gasteiger partial charge on any atom is 0.271 e. The van der Waals surface area contributed by atoms with Crippen molar-refractivity contribution in [1.82, 2.24) is 0 Å². The summed E-state index contributed by atoms with van der Waals surface area (Å²) in [5.41, 5.74) is 1.94. The fraction of sp³-hybridized carbons (Fsp3) is 0.188. The highest BCUT2D eigenvalue weighted by Crippen LogP contribution is 2.32. The van der Waals surface area contributed by atoms with Crippen LogP contribution in [0.4, 0.5) is 11.4 Å². The van der Waals surface area contributed by atoms with Crippen LogP contribution in [0, 0.1) is 17.0 Å². The highest BCUT2D eigenvalue weighted by Gasteiger charge is 2.29. The Morgan fingerprint density at radius 1 is 1.35 bits per heavy atom. The van der Waals surface area contributed by atoms with Gasteiger partial charge in [-0.1, -0.05) is 17.7 Å². The predicted molar refractivity (Wildman–Crippen MR) is 86.0 cm³/mol. The molecule has 2 aromatic carbocycles. The maximum absolute atomic E-state index is 12.4. The van der Waals surface area contributed by atoms with Gasteiger partial charge in [0, 0.05) is 23.6 Å². The topological polar surface area (TPSA) is 81.5 Å². The smallest absolute Gasteiger partial charge is 0.271 e. The third-order valence-corrected chi connectivity index (χ3v) is 3.91. The third kappa shape index (κ3) is 3.12. The largest absolute Gasteiger partial charge is 0.480 e. The van der Waals surface area contributed by atoms with Crippen molar-refractivity contribution in [2.24, 2.45) is 0 Å². The number of non-ortho nitro benzene ring substituents is 1. The number of carbonyl (C=O) groups excluding carboxylic acids is 1. The van der Waals surface area contributed by atoms with Crippen molar-refractivity contribution in [3.63, 3.8) is 0 Å². The lowest BCUT2D eigenvalue weighted by molar-refractivity contribution is -0.384. The normalized spacial score (nSPS) is 15.7. The van der Waals surface area contributed by atoms with E-state index in [2.05, 4.69) is 5.32 Å². The zero-order valence-electron chi connectivity index (χ0n) is 12.2. The average molecular weight is 333 g/mol. The van der Waals surface area contributed by atoms with E-state index in [-0.39, 0.29) is 11.6 Å². The van der Waals surface area contributed by atoms with Crippen LogP contribution in [0.15, 0.2) is 36.4 Å². The van der Waals surface area contributed by atoms with Crippen LogP contribution >= 0.6 is 11.6 Å². The van der Waals surface area contributed by atoms with Gasteiger partial charge in [-0.25, -0.2) is 0 Å². The Kier molecular flexibility index (Phi) is 3.92. The van der Waals surface area contributed by atoms with Crippen molar-refractivity contribution < 1.29 is 14.5 Å². The molecule has 1 atom stereocenters. The van der Waals surface area contributed by atoms with Crippen molar-refractivity contribution >= 4 is 28.9 Å². The molecular formula is C16H13ClN2O4. The molecule has 2 aromatic rings. The zero-order chi connectivity index (χ0) is 16.6. The second-order valence-electron chi connectivity index (χ2n) is 5.31. The van der Waals surface area contributed by atoms with Gasteiger partial charge in [-0.05, 0) is 36.2 Å². The summed E-state index contributed by atoms with van der Waals surface area (Å²) in [6, 6.07) is 9.52. The first kappa shape index (κ1) is 15.3. The highest BCUT2D eigenvalue weighted by atomic mass is 35.5. The van der Waals surface area contributed by atoms with Crippen molar-refractivity contribution in [2.75, 3.05) is 5.32 Å². The second-order valence-corrected chi connectivity index (χ2v) is 5.74. The second kappa shape index (κ2) is 5.89. The lowest BCUT2D eigenvalue weighted by Crippen LogP contribution is -2.31. The number of aryl methyl sites for hydroxylation is 1. The Labute approximate surface area is 137 Å². The summed E-state index contributed by atoms with van der Waals surface area (Å²) < 4.78 is 5.61. The van der Waals surface area contributed by atoms with E-state index in [1.165, 1.54) is 12.1 Å². The van der Waals surface area contributed by atoms with Crippen LogP contribution in [0.1, 0.15) is 11.1 Å². The number of carbonyl (C=O) groups is 1. The van der Waals surface area contributed by atoms with Crippen LogP contribution in [0.3, 0.4) is 0 Å². The molecule has 0 aromatic heterocycles. The van der Waals surface area contributed by atoms with E-state index in [0.29, 0.717) is 22.9 Å². The molecule has 0 bridgehead atoms. The molecule has 23 heavy (non-hydrogen) atoms. The lowest BCUT2D eigenvalue weighted by atomic mass is 10.1. The van der Waals surface area contributed by atoms with E-state index in [9.17, 15) is 14.9 Å². The minimum Gasteiger partial charge on any atom is -0.480 e. The van der Waals surface area contributed by atoms with Crippen molar-refractivity contribution in [1.29, 1.82) is 0 Å². The molecule has 1 aliphatic rings. The van der Waals surface area contributed by atoms with E-state index in [1.54, 1.807) is 31.2 Å². The highest BCUT2D eigenvalue weighted by molar-refractivity contribution is 6.30. The first-order valence-corrected chi connectivity index (χ1v) is 7.33. The fourth-order valence-electron chi connectivity index (χ4n) is 2.43. The fourth-order valence-corrected chi connectivity index (χ4v) is 2.63. The number of amides is 1. The number of hydrogen-bond donors (Lipinski definition) is 1. The number of anilines is 1. The average Bonchev–Trinajstić information content (AvgIpc) is 2.92. The molecule has 0 unspecified atom stereocenters. The van der Waals surface area contributed by atoms with Gasteiger partial charge in [0.25, 0.3) is 11.6 Å². The number of nitro benzene ring substituents is 1. The minimum atomic E-state index is -0.679. The molecule has 0 saturated heterocycles. The Hall–Kier alpha value is -2.60. The zero-order valence-corrected chi connectivity index (χ0v) is 13.0. The molecule has 0 saturated carbocycles. The number of nitrogens with zero attached hydrogens (tertiary/aromatic N) is 1. The van der Waals surface area contributed by atoms with Crippen LogP contribution in [0.2, 0.25) is 5.02 Å². The number of ether oxygens (including phenoxy) is 1. The third-order valence-electron chi connectivity index (χ3n) is 3.68. The summed E-state index contributed by atoms with van der Waals surface area (Å²) in [7, 11) is 0. The molecule has 0 radical (unpaired) electrons. The van der Waals surface area contributed by atoms with Gasteiger partial charge in [-0.3, -0.25) is 14.9 Å². The standard InChI is InChI=1S/C16H13ClN2O4/c1-9-2-4-12(19(21)22)8-13(9)18-16(20)15-7-10-6-11(17)3-5-14(10)23-15/h2-6,8,15H,7H2,1H3,(H,18,20)/t15-/m1/s1. The summed E-state index contributed by atoms with van der Waals surface area (Å²) in [4.78, 5) is 22.7. The molecule has 1 aliphatic heterocycles. The van der Waals surface area contributed by atoms with Crippen LogP contribution in [0.25, 0.3) is 0 Å². The molecule has 7 heteroatoms. The number of nitro groups is 1. The number of halogens is 1. The van der Waals surface area contributed by atoms with Gasteiger partial charge in [-0.15, -0.1) is 0 Å². The Balaban J connectivity index is 1.76. The maximum atomic E-state index is 12.4. The Morgan fingerprint density at radius 3 is 2.87 bits per heavy atom. The predicted octanol–water partition coefficient (Wildman–Crippen LogP) is 3.50. The van der Waals surface area contributed by atoms with Gasteiger partial charge in [-0.2, -0.15) is 0 Å².